The van der Waals surface area contributed by atoms with E-state index in [1.165, 1.54) is 12.7 Å². The van der Waals surface area contributed by atoms with Crippen LogP contribution in [0, 0.1) is 6.92 Å². The summed E-state index contributed by atoms with van der Waals surface area (Å²) in [5.74, 6) is 0. The third-order valence-corrected chi connectivity index (χ3v) is 1.04. The molecule has 0 amide bonds. The average molecular weight is 152 g/mol. The Kier molecular flexibility index (Phi) is 5.99. The van der Waals surface area contributed by atoms with Crippen molar-refractivity contribution in [2.75, 3.05) is 7.11 Å². The van der Waals surface area contributed by atoms with Crippen molar-refractivity contribution in [3.8, 4) is 0 Å². The van der Waals surface area contributed by atoms with Crippen LogP contribution >= 0.6 is 0 Å². The molecule has 0 heterocycles. The summed E-state index contributed by atoms with van der Waals surface area (Å²) in [5, 5.41) is 0. The van der Waals surface area contributed by atoms with Crippen molar-refractivity contribution < 1.29 is 9.53 Å². The highest BCUT2D eigenvalue weighted by atomic mass is 16.5. The van der Waals surface area contributed by atoms with Crippen LogP contribution in [-0.4, -0.2) is 13.6 Å². The van der Waals surface area contributed by atoms with Crippen LogP contribution in [0.4, 0.5) is 0 Å². The second-order valence-corrected chi connectivity index (χ2v) is 1.99. The summed E-state index contributed by atoms with van der Waals surface area (Å²) in [7, 11) is 1.31. The normalized spacial score (nSPS) is 7.45. The standard InChI is InChI=1S/C7H8.C2H4O2/c1-7-5-3-2-4-6-7;1-4-2-3/h2-6H,1H3;2H,1H3. The van der Waals surface area contributed by atoms with Gasteiger partial charge in [-0.05, 0) is 6.92 Å². The number of ether oxygens (including phenoxy) is 1. The van der Waals surface area contributed by atoms with Gasteiger partial charge in [-0.1, -0.05) is 35.9 Å². The van der Waals surface area contributed by atoms with Crippen molar-refractivity contribution in [1.82, 2.24) is 0 Å². The Morgan fingerprint density at radius 2 is 1.73 bits per heavy atom. The smallest absolute Gasteiger partial charge is 0.292 e. The zero-order valence-corrected chi connectivity index (χ0v) is 6.78. The molecule has 0 N–H and O–H groups in total. The first-order chi connectivity index (χ1) is 5.31. The van der Waals surface area contributed by atoms with Gasteiger partial charge in [-0.3, -0.25) is 4.79 Å². The van der Waals surface area contributed by atoms with E-state index >= 15 is 0 Å². The Balaban J connectivity index is 0.000000218. The minimum atomic E-state index is 0.375. The summed E-state index contributed by atoms with van der Waals surface area (Å²) in [5.41, 5.74) is 1.32. The molecule has 11 heavy (non-hydrogen) atoms. The maximum Gasteiger partial charge on any atom is 0.292 e. The van der Waals surface area contributed by atoms with Crippen molar-refractivity contribution in [2.24, 2.45) is 0 Å². The van der Waals surface area contributed by atoms with Gasteiger partial charge in [0.25, 0.3) is 6.47 Å². The zero-order valence-electron chi connectivity index (χ0n) is 6.78. The van der Waals surface area contributed by atoms with Gasteiger partial charge in [0.05, 0.1) is 7.11 Å². The third-order valence-electron chi connectivity index (χ3n) is 1.04. The molecule has 0 aliphatic heterocycles. The minimum absolute atomic E-state index is 0.375. The van der Waals surface area contributed by atoms with Crippen LogP contribution in [0.2, 0.25) is 0 Å². The highest BCUT2D eigenvalue weighted by Crippen LogP contribution is 1.92. The molecule has 0 saturated heterocycles. The second kappa shape index (κ2) is 6.81. The van der Waals surface area contributed by atoms with Gasteiger partial charge < -0.3 is 4.74 Å². The molecule has 0 saturated carbocycles. The molecule has 0 bridgehead atoms. The molecule has 2 heteroatoms. The van der Waals surface area contributed by atoms with E-state index in [-0.39, 0.29) is 0 Å². The average Bonchev–Trinajstić information content (AvgIpc) is 2.07. The SMILES string of the molecule is COC=O.Cc1ccccc1. The number of methoxy groups -OCH3 is 1. The zero-order chi connectivity index (χ0) is 8.53. The molecule has 1 rings (SSSR count). The fourth-order valence-electron chi connectivity index (χ4n) is 0.534. The van der Waals surface area contributed by atoms with Crippen molar-refractivity contribution in [3.63, 3.8) is 0 Å². The molecule has 1 aromatic rings. The Hall–Kier alpha value is -1.31. The maximum atomic E-state index is 8.95. The Bertz CT molecular complexity index is 182. The van der Waals surface area contributed by atoms with E-state index < -0.39 is 0 Å². The number of hydrogen-bond donors (Lipinski definition) is 0. The van der Waals surface area contributed by atoms with Gasteiger partial charge in [-0.2, -0.15) is 0 Å². The van der Waals surface area contributed by atoms with Crippen LogP contribution in [0.3, 0.4) is 0 Å². The van der Waals surface area contributed by atoms with E-state index in [0.29, 0.717) is 6.47 Å². The van der Waals surface area contributed by atoms with Crippen LogP contribution in [0.5, 0.6) is 0 Å². The lowest BCUT2D eigenvalue weighted by atomic mass is 10.2. The summed E-state index contributed by atoms with van der Waals surface area (Å²) in [4.78, 5) is 8.95. The number of aryl methyl sites for hydroxylation is 1. The monoisotopic (exact) mass is 152 g/mol. The van der Waals surface area contributed by atoms with Gasteiger partial charge in [-0.25, -0.2) is 0 Å². The van der Waals surface area contributed by atoms with Crippen LogP contribution in [-0.2, 0) is 9.53 Å². The molecule has 60 valence electrons. The molecule has 0 atom stereocenters. The molecule has 0 unspecified atom stereocenters. The minimum Gasteiger partial charge on any atom is -0.471 e. The summed E-state index contributed by atoms with van der Waals surface area (Å²) in [6.07, 6.45) is 0. The third kappa shape index (κ3) is 6.58. The van der Waals surface area contributed by atoms with Gasteiger partial charge in [0.1, 0.15) is 0 Å². The summed E-state index contributed by atoms with van der Waals surface area (Å²) < 4.78 is 3.86. The van der Waals surface area contributed by atoms with Crippen molar-refractivity contribution >= 4 is 6.47 Å². The lowest BCUT2D eigenvalue weighted by Gasteiger charge is -1.82. The first-order valence-corrected chi connectivity index (χ1v) is 3.29. The fraction of sp³-hybridized carbons (Fsp3) is 0.222. The molecule has 0 aliphatic carbocycles. The van der Waals surface area contributed by atoms with Gasteiger partial charge in [0.15, 0.2) is 0 Å². The highest BCUT2D eigenvalue weighted by molar-refractivity contribution is 5.36. The second-order valence-electron chi connectivity index (χ2n) is 1.99. The van der Waals surface area contributed by atoms with Crippen LogP contribution in [0.25, 0.3) is 0 Å². The van der Waals surface area contributed by atoms with E-state index in [9.17, 15) is 0 Å². The van der Waals surface area contributed by atoms with Gasteiger partial charge in [0, 0.05) is 0 Å². The highest BCUT2D eigenvalue weighted by Gasteiger charge is 1.72. The number of hydrogen-bond acceptors (Lipinski definition) is 2. The summed E-state index contributed by atoms with van der Waals surface area (Å²) in [6.45, 7) is 2.46. The molecule has 0 fully saturated rings. The summed E-state index contributed by atoms with van der Waals surface area (Å²) >= 11 is 0. The van der Waals surface area contributed by atoms with Gasteiger partial charge >= 0.3 is 0 Å². The van der Waals surface area contributed by atoms with Crippen molar-refractivity contribution in [2.45, 2.75) is 6.92 Å². The lowest BCUT2D eigenvalue weighted by Crippen LogP contribution is -1.68. The van der Waals surface area contributed by atoms with Gasteiger partial charge in [0.2, 0.25) is 0 Å². The van der Waals surface area contributed by atoms with E-state index in [2.05, 4.69) is 23.8 Å². The van der Waals surface area contributed by atoms with Crippen LogP contribution in [0.15, 0.2) is 30.3 Å². The molecule has 2 nitrogen and oxygen atoms in total. The van der Waals surface area contributed by atoms with E-state index in [1.807, 2.05) is 18.2 Å². The Morgan fingerprint density at radius 1 is 1.27 bits per heavy atom. The molecule has 0 radical (unpaired) electrons. The first-order valence-electron chi connectivity index (χ1n) is 3.29. The van der Waals surface area contributed by atoms with Crippen molar-refractivity contribution in [3.05, 3.63) is 35.9 Å². The van der Waals surface area contributed by atoms with E-state index in [1.54, 1.807) is 0 Å². The lowest BCUT2D eigenvalue weighted by molar-refractivity contribution is -0.126. The van der Waals surface area contributed by atoms with E-state index in [0.717, 1.165) is 0 Å². The fourth-order valence-corrected chi connectivity index (χ4v) is 0.534. The number of carbonyl (C=O) groups excluding carboxylic acids is 1. The number of rotatable bonds is 1. The molecule has 0 aliphatic rings. The van der Waals surface area contributed by atoms with Crippen LogP contribution in [0.1, 0.15) is 5.56 Å². The predicted molar refractivity (Wildman–Crippen MR) is 44.3 cm³/mol. The quantitative estimate of drug-likeness (QED) is 0.573. The summed E-state index contributed by atoms with van der Waals surface area (Å²) in [6, 6.07) is 10.3. The van der Waals surface area contributed by atoms with E-state index in [4.69, 9.17) is 4.79 Å². The molecule has 0 aromatic heterocycles. The molecule has 0 spiro atoms. The topological polar surface area (TPSA) is 26.3 Å². The largest absolute Gasteiger partial charge is 0.471 e. The number of benzene rings is 1. The molecular weight excluding hydrogens is 140 g/mol. The molecular formula is C9H12O2. The predicted octanol–water partition coefficient (Wildman–Crippen LogP) is 1.78. The van der Waals surface area contributed by atoms with Crippen LogP contribution < -0.4 is 0 Å². The first kappa shape index (κ1) is 9.69. The molecule has 1 aromatic carbocycles. The Morgan fingerprint density at radius 3 is 1.91 bits per heavy atom. The van der Waals surface area contributed by atoms with Crippen molar-refractivity contribution in [1.29, 1.82) is 0 Å². The number of carbonyl (C=O) groups is 1. The van der Waals surface area contributed by atoms with Gasteiger partial charge in [-0.15, -0.1) is 0 Å². The maximum absolute atomic E-state index is 8.95. The Labute approximate surface area is 66.8 Å².